The van der Waals surface area contributed by atoms with Crippen LogP contribution in [0.25, 0.3) is 0 Å². The monoisotopic (exact) mass is 223 g/mol. The first-order valence-corrected chi connectivity index (χ1v) is 6.92. The van der Waals surface area contributed by atoms with Crippen LogP contribution in [0.1, 0.15) is 26.2 Å². The highest BCUT2D eigenvalue weighted by Crippen LogP contribution is 2.31. The number of nitrogens with zero attached hydrogens (tertiary/aromatic N) is 2. The summed E-state index contributed by atoms with van der Waals surface area (Å²) in [5.41, 5.74) is 0. The van der Waals surface area contributed by atoms with Crippen LogP contribution >= 0.6 is 0 Å². The molecule has 3 rings (SSSR count). The molecule has 4 atom stereocenters. The van der Waals surface area contributed by atoms with Crippen molar-refractivity contribution in [2.75, 3.05) is 33.2 Å². The molecular weight excluding hydrogens is 198 g/mol. The van der Waals surface area contributed by atoms with Crippen molar-refractivity contribution in [3.05, 3.63) is 0 Å². The lowest BCUT2D eigenvalue weighted by molar-refractivity contribution is 0.0810. The quantitative estimate of drug-likeness (QED) is 0.708. The predicted molar refractivity (Wildman–Crippen MR) is 66.6 cm³/mol. The molecular formula is C13H25N3. The second-order valence-electron chi connectivity index (χ2n) is 6.04. The molecule has 0 aliphatic carbocycles. The number of fused-ring (bicyclic) bond motifs is 1. The smallest absolute Gasteiger partial charge is 0.0264 e. The summed E-state index contributed by atoms with van der Waals surface area (Å²) < 4.78 is 0. The minimum atomic E-state index is 0.778. The molecule has 0 bridgehead atoms. The summed E-state index contributed by atoms with van der Waals surface area (Å²) in [6.45, 7) is 7.49. The summed E-state index contributed by atoms with van der Waals surface area (Å²) in [5.74, 6) is 0.940. The average Bonchev–Trinajstić information content (AvgIpc) is 2.85. The Bertz CT molecular complexity index is 246. The number of likely N-dealkylation sites (tertiary alicyclic amines) is 2. The summed E-state index contributed by atoms with van der Waals surface area (Å²) >= 11 is 0. The Morgan fingerprint density at radius 2 is 2.12 bits per heavy atom. The number of nitrogens with one attached hydrogen (secondary N) is 1. The molecule has 92 valence electrons. The third-order valence-electron chi connectivity index (χ3n) is 5.05. The molecule has 3 heterocycles. The maximum Gasteiger partial charge on any atom is 0.0264 e. The van der Waals surface area contributed by atoms with Crippen LogP contribution in [0.4, 0.5) is 0 Å². The van der Waals surface area contributed by atoms with Gasteiger partial charge < -0.3 is 10.2 Å². The molecule has 3 fully saturated rings. The van der Waals surface area contributed by atoms with Gasteiger partial charge in [0, 0.05) is 31.2 Å². The van der Waals surface area contributed by atoms with E-state index in [0.29, 0.717) is 0 Å². The van der Waals surface area contributed by atoms with Gasteiger partial charge in [-0.2, -0.15) is 0 Å². The van der Waals surface area contributed by atoms with Gasteiger partial charge in [0.2, 0.25) is 0 Å². The van der Waals surface area contributed by atoms with Crippen molar-refractivity contribution >= 4 is 0 Å². The zero-order valence-electron chi connectivity index (χ0n) is 10.7. The fraction of sp³-hybridized carbons (Fsp3) is 1.00. The molecule has 0 saturated carbocycles. The Labute approximate surface area is 99.2 Å². The molecule has 3 saturated heterocycles. The first kappa shape index (κ1) is 11.0. The minimum absolute atomic E-state index is 0.778. The van der Waals surface area contributed by atoms with Gasteiger partial charge in [0.15, 0.2) is 0 Å². The molecule has 3 nitrogen and oxygen atoms in total. The van der Waals surface area contributed by atoms with Crippen molar-refractivity contribution in [2.45, 2.75) is 44.3 Å². The van der Waals surface area contributed by atoms with E-state index in [2.05, 4.69) is 29.1 Å². The van der Waals surface area contributed by atoms with E-state index in [1.54, 1.807) is 0 Å². The van der Waals surface area contributed by atoms with Crippen molar-refractivity contribution in [2.24, 2.45) is 5.92 Å². The molecule has 0 aromatic heterocycles. The van der Waals surface area contributed by atoms with E-state index < -0.39 is 0 Å². The highest BCUT2D eigenvalue weighted by atomic mass is 15.3. The van der Waals surface area contributed by atoms with Crippen LogP contribution in [0.3, 0.4) is 0 Å². The number of hydrogen-bond donors (Lipinski definition) is 1. The molecule has 3 aliphatic heterocycles. The molecule has 0 spiro atoms. The van der Waals surface area contributed by atoms with E-state index in [1.165, 1.54) is 45.4 Å². The Morgan fingerprint density at radius 3 is 2.88 bits per heavy atom. The highest BCUT2D eigenvalue weighted by Gasteiger charge is 2.40. The third-order valence-corrected chi connectivity index (χ3v) is 5.05. The lowest BCUT2D eigenvalue weighted by Crippen LogP contribution is -2.51. The second kappa shape index (κ2) is 4.28. The summed E-state index contributed by atoms with van der Waals surface area (Å²) in [7, 11) is 2.28. The first-order valence-electron chi connectivity index (χ1n) is 6.92. The van der Waals surface area contributed by atoms with Crippen LogP contribution in [0.15, 0.2) is 0 Å². The van der Waals surface area contributed by atoms with Gasteiger partial charge >= 0.3 is 0 Å². The number of rotatable bonds is 1. The Morgan fingerprint density at radius 1 is 1.25 bits per heavy atom. The molecule has 4 unspecified atom stereocenters. The van der Waals surface area contributed by atoms with Gasteiger partial charge in [-0.1, -0.05) is 0 Å². The predicted octanol–water partition coefficient (Wildman–Crippen LogP) is 0.763. The molecule has 0 radical (unpaired) electrons. The summed E-state index contributed by atoms with van der Waals surface area (Å²) in [6, 6.07) is 2.45. The van der Waals surface area contributed by atoms with E-state index in [9.17, 15) is 0 Å². The molecule has 1 N–H and O–H groups in total. The standard InChI is InChI=1S/C13H25N3/c1-10-6-12(9-15(10)2)16-5-3-4-11-7-14-8-13(11)16/h10-14H,3-9H2,1-2H3. The highest BCUT2D eigenvalue weighted by molar-refractivity contribution is 4.97. The van der Waals surface area contributed by atoms with E-state index in [0.717, 1.165) is 24.0 Å². The number of hydrogen-bond acceptors (Lipinski definition) is 3. The van der Waals surface area contributed by atoms with Crippen molar-refractivity contribution in [1.82, 2.24) is 15.1 Å². The van der Waals surface area contributed by atoms with Crippen LogP contribution < -0.4 is 5.32 Å². The lowest BCUT2D eigenvalue weighted by Gasteiger charge is -2.41. The van der Waals surface area contributed by atoms with Crippen molar-refractivity contribution in [1.29, 1.82) is 0 Å². The van der Waals surface area contributed by atoms with Crippen LogP contribution in [0.2, 0.25) is 0 Å². The van der Waals surface area contributed by atoms with Gasteiger partial charge in [0.1, 0.15) is 0 Å². The summed E-state index contributed by atoms with van der Waals surface area (Å²) in [6.07, 6.45) is 4.24. The van der Waals surface area contributed by atoms with Crippen LogP contribution in [-0.2, 0) is 0 Å². The van der Waals surface area contributed by atoms with Gasteiger partial charge in [0.05, 0.1) is 0 Å². The minimum Gasteiger partial charge on any atom is -0.315 e. The third kappa shape index (κ3) is 1.79. The molecule has 16 heavy (non-hydrogen) atoms. The fourth-order valence-corrected chi connectivity index (χ4v) is 3.96. The maximum atomic E-state index is 3.58. The van der Waals surface area contributed by atoms with Crippen LogP contribution in [0.5, 0.6) is 0 Å². The SMILES string of the molecule is CC1CC(N2CCCC3CNCC32)CN1C. The topological polar surface area (TPSA) is 18.5 Å². The fourth-order valence-electron chi connectivity index (χ4n) is 3.96. The molecule has 3 heteroatoms. The van der Waals surface area contributed by atoms with Crippen LogP contribution in [0, 0.1) is 5.92 Å². The van der Waals surface area contributed by atoms with Gasteiger partial charge in [-0.25, -0.2) is 0 Å². The van der Waals surface area contributed by atoms with Crippen LogP contribution in [-0.4, -0.2) is 61.2 Å². The van der Waals surface area contributed by atoms with Crippen molar-refractivity contribution in [3.63, 3.8) is 0 Å². The molecule has 0 aromatic carbocycles. The van der Waals surface area contributed by atoms with E-state index >= 15 is 0 Å². The summed E-state index contributed by atoms with van der Waals surface area (Å²) in [5, 5.41) is 3.58. The van der Waals surface area contributed by atoms with E-state index in [-0.39, 0.29) is 0 Å². The molecule has 3 aliphatic rings. The van der Waals surface area contributed by atoms with Gasteiger partial charge in [-0.05, 0) is 52.2 Å². The van der Waals surface area contributed by atoms with Crippen molar-refractivity contribution < 1.29 is 0 Å². The number of piperidine rings is 1. The van der Waals surface area contributed by atoms with E-state index in [1.807, 2.05) is 0 Å². The number of likely N-dealkylation sites (N-methyl/N-ethyl adjacent to an activating group) is 1. The second-order valence-corrected chi connectivity index (χ2v) is 6.04. The lowest BCUT2D eigenvalue weighted by atomic mass is 9.90. The molecule has 0 aromatic rings. The Balaban J connectivity index is 1.69. The largest absolute Gasteiger partial charge is 0.315 e. The van der Waals surface area contributed by atoms with E-state index in [4.69, 9.17) is 0 Å². The molecule has 0 amide bonds. The van der Waals surface area contributed by atoms with Gasteiger partial charge in [-0.15, -0.1) is 0 Å². The maximum absolute atomic E-state index is 3.58. The van der Waals surface area contributed by atoms with Crippen molar-refractivity contribution in [3.8, 4) is 0 Å². The zero-order chi connectivity index (χ0) is 11.1. The zero-order valence-corrected chi connectivity index (χ0v) is 10.7. The Hall–Kier alpha value is -0.120. The normalized spacial score (nSPS) is 46.1. The van der Waals surface area contributed by atoms with Gasteiger partial charge in [0.25, 0.3) is 0 Å². The average molecular weight is 223 g/mol. The van der Waals surface area contributed by atoms with Gasteiger partial charge in [-0.3, -0.25) is 4.90 Å². The Kier molecular flexibility index (Phi) is 2.94. The first-order chi connectivity index (χ1) is 7.75. The summed E-state index contributed by atoms with van der Waals surface area (Å²) in [4.78, 5) is 5.35.